The Bertz CT molecular complexity index is 896. The molecule has 1 aliphatic heterocycles. The molecule has 1 aliphatic carbocycles. The second kappa shape index (κ2) is 8.38. The normalized spacial score (nSPS) is 21.1. The first-order chi connectivity index (χ1) is 13.4. The Morgan fingerprint density at radius 1 is 1.25 bits per heavy atom. The van der Waals surface area contributed by atoms with E-state index in [4.69, 9.17) is 23.1 Å². The summed E-state index contributed by atoms with van der Waals surface area (Å²) in [4.78, 5) is 29.2. The molecule has 0 radical (unpaired) electrons. The molecule has 3 rings (SSSR count). The molecule has 1 heterocycles. The van der Waals surface area contributed by atoms with E-state index in [2.05, 4.69) is 11.1 Å². The van der Waals surface area contributed by atoms with Crippen LogP contribution in [0.5, 0.6) is 0 Å². The highest BCUT2D eigenvalue weighted by atomic mass is 35.5. The summed E-state index contributed by atoms with van der Waals surface area (Å²) in [6.45, 7) is 0. The van der Waals surface area contributed by atoms with E-state index in [0.717, 1.165) is 19.3 Å². The number of carbonyl (C=O) groups is 2. The van der Waals surface area contributed by atoms with Gasteiger partial charge in [0.25, 0.3) is 0 Å². The number of allylic oxidation sites excluding steroid dienone is 1. The van der Waals surface area contributed by atoms with Gasteiger partial charge in [0.1, 0.15) is 5.82 Å². The van der Waals surface area contributed by atoms with Crippen molar-refractivity contribution in [3.05, 3.63) is 46.2 Å². The van der Waals surface area contributed by atoms with Gasteiger partial charge in [0, 0.05) is 16.0 Å². The van der Waals surface area contributed by atoms with E-state index in [1.807, 2.05) is 0 Å². The molecule has 28 heavy (non-hydrogen) atoms. The number of nitrogens with two attached hydrogens (primary N) is 2. The quantitative estimate of drug-likeness (QED) is 0.728. The number of hydrogen-bond acceptors (Lipinski definition) is 6. The van der Waals surface area contributed by atoms with Crippen LogP contribution in [0.4, 0.5) is 0 Å². The molecule has 4 N–H and O–H groups in total. The molecule has 8 heteroatoms. The summed E-state index contributed by atoms with van der Waals surface area (Å²) in [6, 6.07) is 8.79. The Morgan fingerprint density at radius 2 is 1.89 bits per heavy atom. The van der Waals surface area contributed by atoms with Crippen molar-refractivity contribution < 1.29 is 9.59 Å². The number of amides is 1. The van der Waals surface area contributed by atoms with Crippen molar-refractivity contribution in [3.63, 3.8) is 0 Å². The molecule has 0 saturated heterocycles. The fourth-order valence-corrected chi connectivity index (χ4v) is 5.38. The number of aliphatic imine (C=N–C) groups is 1. The van der Waals surface area contributed by atoms with E-state index in [0.29, 0.717) is 34.0 Å². The van der Waals surface area contributed by atoms with Crippen LogP contribution in [0.3, 0.4) is 0 Å². The smallest absolute Gasteiger partial charge is 0.228 e. The van der Waals surface area contributed by atoms with Crippen LogP contribution in [0.25, 0.3) is 0 Å². The molecule has 1 atom stereocenters. The van der Waals surface area contributed by atoms with Crippen LogP contribution in [0.15, 0.2) is 40.7 Å². The van der Waals surface area contributed by atoms with Crippen LogP contribution in [0.1, 0.15) is 42.5 Å². The van der Waals surface area contributed by atoms with Gasteiger partial charge in [-0.3, -0.25) is 9.59 Å². The standard InChI is InChI=1S/C20H21ClN4O2S/c21-13-6-4-12(5-7-13)15(26)11-28-19-16(18(24)27)20(8-2-1-3-9-20)14(10-22)17(23)25-19/h4-7,16H,1-3,8-9,11,23H2,(H2,24,27). The molecule has 1 aromatic carbocycles. The van der Waals surface area contributed by atoms with Gasteiger partial charge in [-0.05, 0) is 37.1 Å². The molecule has 1 unspecified atom stereocenters. The number of rotatable bonds is 4. The van der Waals surface area contributed by atoms with E-state index in [9.17, 15) is 14.9 Å². The number of nitriles is 1. The fourth-order valence-electron chi connectivity index (χ4n) is 4.13. The lowest BCUT2D eigenvalue weighted by Crippen LogP contribution is -2.48. The van der Waals surface area contributed by atoms with Gasteiger partial charge >= 0.3 is 0 Å². The summed E-state index contributed by atoms with van der Waals surface area (Å²) in [5.74, 6) is -1.16. The Balaban J connectivity index is 1.89. The Labute approximate surface area is 173 Å². The molecule has 2 aliphatic rings. The van der Waals surface area contributed by atoms with Crippen molar-refractivity contribution in [2.45, 2.75) is 32.1 Å². The minimum absolute atomic E-state index is 0.0928. The number of carbonyl (C=O) groups excluding carboxylic acids is 2. The first kappa shape index (κ1) is 20.4. The van der Waals surface area contributed by atoms with Crippen molar-refractivity contribution in [1.82, 2.24) is 0 Å². The number of hydrogen-bond donors (Lipinski definition) is 2. The average Bonchev–Trinajstić information content (AvgIpc) is 2.67. The lowest BCUT2D eigenvalue weighted by molar-refractivity contribution is -0.123. The van der Waals surface area contributed by atoms with Gasteiger partial charge in [-0.25, -0.2) is 4.99 Å². The van der Waals surface area contributed by atoms with Crippen LogP contribution in [0, 0.1) is 22.7 Å². The molecule has 1 aromatic rings. The first-order valence-corrected chi connectivity index (χ1v) is 10.4. The van der Waals surface area contributed by atoms with Crippen LogP contribution in [-0.2, 0) is 4.79 Å². The maximum Gasteiger partial charge on any atom is 0.228 e. The van der Waals surface area contributed by atoms with Gasteiger partial charge in [0.05, 0.1) is 28.4 Å². The molecule has 1 amide bonds. The number of ketones is 1. The van der Waals surface area contributed by atoms with Gasteiger partial charge in [-0.15, -0.1) is 11.8 Å². The lowest BCUT2D eigenvalue weighted by Gasteiger charge is -2.44. The maximum atomic E-state index is 12.5. The lowest BCUT2D eigenvalue weighted by atomic mass is 9.61. The SMILES string of the molecule is N#CC1=C(N)N=C(SCC(=O)c2ccc(Cl)cc2)C(C(N)=O)C12CCCCC2. The molecule has 6 nitrogen and oxygen atoms in total. The molecular formula is C20H21ClN4O2S. The largest absolute Gasteiger partial charge is 0.383 e. The first-order valence-electron chi connectivity index (χ1n) is 9.09. The topological polar surface area (TPSA) is 122 Å². The van der Waals surface area contributed by atoms with Crippen molar-refractivity contribution >= 4 is 40.1 Å². The summed E-state index contributed by atoms with van der Waals surface area (Å²) >= 11 is 7.03. The summed E-state index contributed by atoms with van der Waals surface area (Å²) in [5.41, 5.74) is 12.0. The van der Waals surface area contributed by atoms with E-state index in [-0.39, 0.29) is 17.4 Å². The third-order valence-corrected chi connectivity index (χ3v) is 6.72. The van der Waals surface area contributed by atoms with Crippen LogP contribution in [0.2, 0.25) is 5.02 Å². The van der Waals surface area contributed by atoms with Gasteiger partial charge in [0.2, 0.25) is 5.91 Å². The zero-order valence-corrected chi connectivity index (χ0v) is 16.9. The second-order valence-corrected chi connectivity index (χ2v) is 8.53. The monoisotopic (exact) mass is 416 g/mol. The molecule has 1 spiro atoms. The molecule has 146 valence electrons. The van der Waals surface area contributed by atoms with Crippen molar-refractivity contribution in [3.8, 4) is 6.07 Å². The third kappa shape index (κ3) is 3.80. The summed E-state index contributed by atoms with van der Waals surface area (Å²) in [5, 5.41) is 10.6. The van der Waals surface area contributed by atoms with E-state index in [1.165, 1.54) is 11.8 Å². The summed E-state index contributed by atoms with van der Waals surface area (Å²) in [7, 11) is 0. The van der Waals surface area contributed by atoms with Crippen LogP contribution < -0.4 is 11.5 Å². The van der Waals surface area contributed by atoms with E-state index < -0.39 is 17.2 Å². The number of nitrogens with zero attached hydrogens (tertiary/aromatic N) is 2. The molecule has 1 saturated carbocycles. The number of halogens is 1. The summed E-state index contributed by atoms with van der Waals surface area (Å²) < 4.78 is 0. The molecule has 0 aromatic heterocycles. The number of primary amides is 1. The van der Waals surface area contributed by atoms with Gasteiger partial charge in [0.15, 0.2) is 5.78 Å². The predicted molar refractivity (Wildman–Crippen MR) is 111 cm³/mol. The summed E-state index contributed by atoms with van der Waals surface area (Å²) in [6.07, 6.45) is 4.15. The Hall–Kier alpha value is -2.30. The molecule has 0 bridgehead atoms. The maximum absolute atomic E-state index is 12.5. The van der Waals surface area contributed by atoms with Gasteiger partial charge < -0.3 is 11.5 Å². The molecular weight excluding hydrogens is 396 g/mol. The van der Waals surface area contributed by atoms with E-state index in [1.54, 1.807) is 24.3 Å². The highest BCUT2D eigenvalue weighted by Crippen LogP contribution is 2.52. The van der Waals surface area contributed by atoms with Crippen molar-refractivity contribution in [2.75, 3.05) is 5.75 Å². The zero-order chi connectivity index (χ0) is 20.3. The fraction of sp³-hybridized carbons (Fsp3) is 0.400. The third-order valence-electron chi connectivity index (χ3n) is 5.44. The second-order valence-electron chi connectivity index (χ2n) is 7.09. The minimum Gasteiger partial charge on any atom is -0.383 e. The van der Waals surface area contributed by atoms with Crippen molar-refractivity contribution in [1.29, 1.82) is 5.26 Å². The average molecular weight is 417 g/mol. The number of benzene rings is 1. The molecule has 1 fully saturated rings. The van der Waals surface area contributed by atoms with Crippen LogP contribution in [-0.4, -0.2) is 22.5 Å². The van der Waals surface area contributed by atoms with E-state index >= 15 is 0 Å². The number of Topliss-reactive ketones (excluding diaryl/α,β-unsaturated/α-hetero) is 1. The minimum atomic E-state index is -0.738. The van der Waals surface area contributed by atoms with Gasteiger partial charge in [-0.1, -0.05) is 30.9 Å². The Morgan fingerprint density at radius 3 is 2.46 bits per heavy atom. The van der Waals surface area contributed by atoms with Crippen LogP contribution >= 0.6 is 23.4 Å². The number of thioether (sulfide) groups is 1. The predicted octanol–water partition coefficient (Wildman–Crippen LogP) is 3.41. The highest BCUT2D eigenvalue weighted by molar-refractivity contribution is 8.14. The van der Waals surface area contributed by atoms with Gasteiger partial charge in [-0.2, -0.15) is 5.26 Å². The van der Waals surface area contributed by atoms with Crippen molar-refractivity contribution in [2.24, 2.45) is 27.8 Å². The Kier molecular flexibility index (Phi) is 6.11. The zero-order valence-electron chi connectivity index (χ0n) is 15.3. The highest BCUT2D eigenvalue weighted by Gasteiger charge is 2.51.